The summed E-state index contributed by atoms with van der Waals surface area (Å²) in [6.45, 7) is 1.93. The van der Waals surface area contributed by atoms with Crippen molar-refractivity contribution in [2.75, 3.05) is 13.2 Å². The Kier molecular flexibility index (Phi) is 10.4. The number of hydrogen-bond acceptors (Lipinski definition) is 5. The van der Waals surface area contributed by atoms with Gasteiger partial charge in [0.25, 0.3) is 0 Å². The Labute approximate surface area is 189 Å². The lowest BCUT2D eigenvalue weighted by atomic mass is 9.82. The summed E-state index contributed by atoms with van der Waals surface area (Å²) in [5.74, 6) is -0.937. The number of nitrogens with zero attached hydrogens (tertiary/aromatic N) is 1. The van der Waals surface area contributed by atoms with Gasteiger partial charge in [0.15, 0.2) is 5.96 Å². The summed E-state index contributed by atoms with van der Waals surface area (Å²) in [4.78, 5) is 41.2. The number of halogens is 1. The molecule has 6 N–H and O–H groups in total. The van der Waals surface area contributed by atoms with Gasteiger partial charge in [-0.1, -0.05) is 19.3 Å². The first-order chi connectivity index (χ1) is 14.8. The normalized spacial score (nSPS) is 25.2. The maximum atomic E-state index is 12.6. The molecule has 2 fully saturated rings. The molecular formula is C21H36ClN5O4. The fourth-order valence-electron chi connectivity index (χ4n) is 4.51. The molecule has 10 heteroatoms. The molecule has 0 aromatic carbocycles. The molecule has 0 radical (unpaired) electrons. The van der Waals surface area contributed by atoms with E-state index < -0.39 is 0 Å². The second kappa shape index (κ2) is 12.7. The fraction of sp³-hybridized carbons (Fsp3) is 0.810. The second-order valence-corrected chi connectivity index (χ2v) is 9.01. The molecule has 31 heavy (non-hydrogen) atoms. The lowest BCUT2D eigenvalue weighted by molar-refractivity contribution is -0.144. The van der Waals surface area contributed by atoms with Gasteiger partial charge in [0.05, 0.1) is 31.0 Å². The van der Waals surface area contributed by atoms with Gasteiger partial charge >= 0.3 is 5.97 Å². The average Bonchev–Trinajstić information content (AvgIpc) is 2.73. The minimum atomic E-state index is -0.315. The van der Waals surface area contributed by atoms with Gasteiger partial charge in [0.1, 0.15) is 0 Å². The number of carbonyl (C=O) groups excluding carboxylic acids is 3. The largest absolute Gasteiger partial charge is 0.466 e. The third-order valence-electron chi connectivity index (χ3n) is 6.10. The van der Waals surface area contributed by atoms with Crippen molar-refractivity contribution in [1.29, 1.82) is 0 Å². The standard InChI is InChI=1S/C21H36ClN5O4/c1-2-31-19(29)11-16(13-6-4-3-5-7-13)26-18(28)12-25-20(30)14-8-9-15(22)17(10-14)27-21(23)24/h13-17H,2-12H2,1H3,(H,25,30)(H,26,28)(H4,23,24,27). The molecule has 4 atom stereocenters. The Morgan fingerprint density at radius 3 is 2.48 bits per heavy atom. The van der Waals surface area contributed by atoms with Crippen LogP contribution >= 0.6 is 11.6 Å². The molecule has 2 rings (SSSR count). The van der Waals surface area contributed by atoms with E-state index in [2.05, 4.69) is 15.6 Å². The minimum absolute atomic E-state index is 0.0496. The van der Waals surface area contributed by atoms with Crippen LogP contribution in [0.3, 0.4) is 0 Å². The Balaban J connectivity index is 1.86. The summed E-state index contributed by atoms with van der Waals surface area (Å²) in [6.07, 6.45) is 7.15. The summed E-state index contributed by atoms with van der Waals surface area (Å²) >= 11 is 6.27. The van der Waals surface area contributed by atoms with Crippen LogP contribution in [0.1, 0.15) is 64.7 Å². The first-order valence-corrected chi connectivity index (χ1v) is 11.7. The van der Waals surface area contributed by atoms with Crippen molar-refractivity contribution in [2.24, 2.45) is 28.3 Å². The van der Waals surface area contributed by atoms with Crippen LogP contribution in [0.2, 0.25) is 0 Å². The molecular weight excluding hydrogens is 422 g/mol. The Bertz CT molecular complexity index is 650. The molecule has 0 spiro atoms. The third kappa shape index (κ3) is 8.55. The molecule has 0 bridgehead atoms. The quantitative estimate of drug-likeness (QED) is 0.177. The number of ether oxygens (including phenoxy) is 1. The van der Waals surface area contributed by atoms with Crippen molar-refractivity contribution in [3.63, 3.8) is 0 Å². The number of alkyl halides is 1. The van der Waals surface area contributed by atoms with Crippen LogP contribution < -0.4 is 22.1 Å². The van der Waals surface area contributed by atoms with Crippen molar-refractivity contribution in [2.45, 2.75) is 82.2 Å². The van der Waals surface area contributed by atoms with Crippen molar-refractivity contribution >= 4 is 35.3 Å². The highest BCUT2D eigenvalue weighted by atomic mass is 35.5. The van der Waals surface area contributed by atoms with Gasteiger partial charge in [-0.05, 0) is 44.9 Å². The van der Waals surface area contributed by atoms with Crippen molar-refractivity contribution in [1.82, 2.24) is 10.6 Å². The first kappa shape index (κ1) is 25.2. The number of carbonyl (C=O) groups is 3. The Hall–Kier alpha value is -2.03. The van der Waals surface area contributed by atoms with E-state index in [4.69, 9.17) is 27.8 Å². The summed E-state index contributed by atoms with van der Waals surface area (Å²) < 4.78 is 5.07. The van der Waals surface area contributed by atoms with Gasteiger partial charge in [-0.15, -0.1) is 11.6 Å². The van der Waals surface area contributed by atoms with Crippen molar-refractivity contribution in [3.05, 3.63) is 0 Å². The second-order valence-electron chi connectivity index (χ2n) is 8.45. The summed E-state index contributed by atoms with van der Waals surface area (Å²) in [5, 5.41) is 5.44. The molecule has 2 aliphatic carbocycles. The molecule has 2 aliphatic rings. The molecule has 4 unspecified atom stereocenters. The summed E-state index contributed by atoms with van der Waals surface area (Å²) in [7, 11) is 0. The molecule has 0 aliphatic heterocycles. The molecule has 9 nitrogen and oxygen atoms in total. The molecule has 2 saturated carbocycles. The zero-order valence-corrected chi connectivity index (χ0v) is 19.0. The molecule has 176 valence electrons. The average molecular weight is 458 g/mol. The summed E-state index contributed by atoms with van der Waals surface area (Å²) in [5.41, 5.74) is 10.9. The fourth-order valence-corrected chi connectivity index (χ4v) is 4.80. The highest BCUT2D eigenvalue weighted by Crippen LogP contribution is 2.30. The number of aliphatic imine (C=N–C) groups is 1. The van der Waals surface area contributed by atoms with Crippen LogP contribution in [0.25, 0.3) is 0 Å². The maximum Gasteiger partial charge on any atom is 0.307 e. The van der Waals surface area contributed by atoms with E-state index in [-0.39, 0.29) is 66.0 Å². The molecule has 0 saturated heterocycles. The van der Waals surface area contributed by atoms with E-state index in [9.17, 15) is 14.4 Å². The topological polar surface area (TPSA) is 149 Å². The predicted octanol–water partition coefficient (Wildman–Crippen LogP) is 1.17. The number of amides is 2. The van der Waals surface area contributed by atoms with Crippen molar-refractivity contribution < 1.29 is 19.1 Å². The van der Waals surface area contributed by atoms with E-state index in [1.807, 2.05) is 0 Å². The smallest absolute Gasteiger partial charge is 0.307 e. The number of hydrogen-bond donors (Lipinski definition) is 4. The zero-order chi connectivity index (χ0) is 22.8. The van der Waals surface area contributed by atoms with Crippen LogP contribution in [0.4, 0.5) is 0 Å². The SMILES string of the molecule is CCOC(=O)CC(NC(=O)CNC(=O)C1CCC(Cl)C(N=C(N)N)C1)C1CCCCC1. The van der Waals surface area contributed by atoms with Gasteiger partial charge in [0, 0.05) is 12.0 Å². The van der Waals surface area contributed by atoms with E-state index >= 15 is 0 Å². The maximum absolute atomic E-state index is 12.6. The number of guanidine groups is 1. The van der Waals surface area contributed by atoms with Crippen LogP contribution in [0, 0.1) is 11.8 Å². The molecule has 2 amide bonds. The number of rotatable bonds is 9. The molecule has 0 heterocycles. The van der Waals surface area contributed by atoms with Gasteiger partial charge in [0.2, 0.25) is 11.8 Å². The lowest BCUT2D eigenvalue weighted by Gasteiger charge is -2.31. The van der Waals surface area contributed by atoms with Gasteiger partial charge in [-0.2, -0.15) is 0 Å². The third-order valence-corrected chi connectivity index (χ3v) is 6.61. The van der Waals surface area contributed by atoms with Crippen LogP contribution in [-0.4, -0.2) is 54.4 Å². The highest BCUT2D eigenvalue weighted by Gasteiger charge is 2.33. The van der Waals surface area contributed by atoms with E-state index in [1.54, 1.807) is 6.92 Å². The predicted molar refractivity (Wildman–Crippen MR) is 119 cm³/mol. The molecule has 0 aromatic rings. The number of nitrogens with two attached hydrogens (primary N) is 2. The number of esters is 1. The lowest BCUT2D eigenvalue weighted by Crippen LogP contribution is -2.48. The Morgan fingerprint density at radius 1 is 1.13 bits per heavy atom. The van der Waals surface area contributed by atoms with Gasteiger partial charge < -0.3 is 26.8 Å². The Morgan fingerprint density at radius 2 is 1.84 bits per heavy atom. The van der Waals surface area contributed by atoms with E-state index in [0.29, 0.717) is 25.9 Å². The van der Waals surface area contributed by atoms with E-state index in [0.717, 1.165) is 25.7 Å². The van der Waals surface area contributed by atoms with E-state index in [1.165, 1.54) is 6.42 Å². The van der Waals surface area contributed by atoms with Crippen LogP contribution in [0.5, 0.6) is 0 Å². The number of nitrogens with one attached hydrogen (secondary N) is 2. The minimum Gasteiger partial charge on any atom is -0.466 e. The monoisotopic (exact) mass is 457 g/mol. The summed E-state index contributed by atoms with van der Waals surface area (Å²) in [6, 6.07) is -0.591. The zero-order valence-electron chi connectivity index (χ0n) is 18.3. The van der Waals surface area contributed by atoms with Crippen molar-refractivity contribution in [3.8, 4) is 0 Å². The van der Waals surface area contributed by atoms with Gasteiger partial charge in [-0.3, -0.25) is 14.4 Å². The highest BCUT2D eigenvalue weighted by molar-refractivity contribution is 6.21. The first-order valence-electron chi connectivity index (χ1n) is 11.3. The van der Waals surface area contributed by atoms with Crippen LogP contribution in [-0.2, 0) is 19.1 Å². The molecule has 0 aromatic heterocycles. The van der Waals surface area contributed by atoms with Crippen LogP contribution in [0.15, 0.2) is 4.99 Å². The van der Waals surface area contributed by atoms with Gasteiger partial charge in [-0.25, -0.2) is 4.99 Å².